The lowest BCUT2D eigenvalue weighted by Crippen LogP contribution is -2.49. The van der Waals surface area contributed by atoms with E-state index in [4.69, 9.17) is 0 Å². The Morgan fingerprint density at radius 2 is 2.30 bits per heavy atom. The van der Waals surface area contributed by atoms with Gasteiger partial charge in [-0.2, -0.15) is 0 Å². The van der Waals surface area contributed by atoms with Gasteiger partial charge < -0.3 is 0 Å². The number of fused-ring (bicyclic) bond motifs is 4. The van der Waals surface area contributed by atoms with E-state index in [-0.39, 0.29) is 0 Å². The van der Waals surface area contributed by atoms with E-state index in [0.29, 0.717) is 0 Å². The summed E-state index contributed by atoms with van der Waals surface area (Å²) >= 11 is 0. The van der Waals surface area contributed by atoms with Crippen molar-refractivity contribution >= 4 is 0 Å². The fraction of sp³-hybridized carbons (Fsp3) is 1.00. The van der Waals surface area contributed by atoms with Crippen molar-refractivity contribution in [2.24, 2.45) is 29.1 Å². The molecule has 5 atom stereocenters. The minimum atomic E-state index is 0.866. The van der Waals surface area contributed by atoms with Crippen LogP contribution < -0.4 is 0 Å². The second-order valence-electron chi connectivity index (χ2n) is 4.83. The predicted octanol–water partition coefficient (Wildman–Crippen LogP) is 2.69. The molecule has 3 saturated carbocycles. The molecule has 0 N–H and O–H groups in total. The molecule has 0 aromatic rings. The van der Waals surface area contributed by atoms with E-state index >= 15 is 0 Å². The largest absolute Gasteiger partial charge is 0.0651 e. The Bertz CT molecular complexity index is 180. The van der Waals surface area contributed by atoms with E-state index in [1.807, 2.05) is 0 Å². The van der Waals surface area contributed by atoms with Crippen molar-refractivity contribution in [3.05, 3.63) is 0 Å². The van der Waals surface area contributed by atoms with E-state index in [9.17, 15) is 0 Å². The average Bonchev–Trinajstić information content (AvgIpc) is 2.58. The molecule has 0 amide bonds. The summed E-state index contributed by atoms with van der Waals surface area (Å²) in [5, 5.41) is 0. The Hall–Kier alpha value is 0. The summed E-state index contributed by atoms with van der Waals surface area (Å²) in [6.07, 6.45) is 4.57. The van der Waals surface area contributed by atoms with Crippen molar-refractivity contribution in [2.45, 2.75) is 33.1 Å². The fourth-order valence-electron chi connectivity index (χ4n) is 4.10. The maximum Gasteiger partial charge on any atom is -0.0261 e. The molecule has 3 aliphatic rings. The minimum Gasteiger partial charge on any atom is -0.0651 e. The Labute approximate surface area is 63.0 Å². The third kappa shape index (κ3) is 0.339. The first kappa shape index (κ1) is 5.62. The maximum absolute atomic E-state index is 2.53. The smallest absolute Gasteiger partial charge is 0.0261 e. The minimum absolute atomic E-state index is 0.866. The molecule has 56 valence electrons. The Balaban J connectivity index is 1.85. The molecule has 5 unspecified atom stereocenters. The molecule has 0 spiro atoms. The van der Waals surface area contributed by atoms with Gasteiger partial charge in [0.1, 0.15) is 0 Å². The first-order chi connectivity index (χ1) is 4.79. The van der Waals surface area contributed by atoms with Crippen LogP contribution in [0.3, 0.4) is 0 Å². The maximum atomic E-state index is 2.53. The van der Waals surface area contributed by atoms with Gasteiger partial charge in [0.15, 0.2) is 0 Å². The van der Waals surface area contributed by atoms with Crippen LogP contribution in [0.2, 0.25) is 0 Å². The molecular formula is C10H16. The van der Waals surface area contributed by atoms with Gasteiger partial charge in [0.05, 0.1) is 0 Å². The highest BCUT2D eigenvalue weighted by molar-refractivity contribution is 5.24. The van der Waals surface area contributed by atoms with Crippen molar-refractivity contribution < 1.29 is 0 Å². The van der Waals surface area contributed by atoms with E-state index < -0.39 is 0 Å². The Kier molecular flexibility index (Phi) is 0.735. The van der Waals surface area contributed by atoms with Gasteiger partial charge in [-0.25, -0.2) is 0 Å². The molecule has 0 aromatic heterocycles. The van der Waals surface area contributed by atoms with Gasteiger partial charge >= 0.3 is 0 Å². The van der Waals surface area contributed by atoms with E-state index in [1.54, 1.807) is 12.8 Å². The summed E-state index contributed by atoms with van der Waals surface area (Å²) < 4.78 is 0. The van der Waals surface area contributed by atoms with Crippen molar-refractivity contribution in [3.8, 4) is 0 Å². The molecule has 0 heteroatoms. The van der Waals surface area contributed by atoms with Crippen molar-refractivity contribution in [1.29, 1.82) is 0 Å². The highest BCUT2D eigenvalue weighted by atomic mass is 14.8. The lowest BCUT2D eigenvalue weighted by Gasteiger charge is -2.56. The lowest BCUT2D eigenvalue weighted by atomic mass is 9.49. The molecular weight excluding hydrogens is 120 g/mol. The van der Waals surface area contributed by atoms with Crippen LogP contribution in [0.1, 0.15) is 33.1 Å². The van der Waals surface area contributed by atoms with Crippen LogP contribution in [0.4, 0.5) is 0 Å². The van der Waals surface area contributed by atoms with Gasteiger partial charge in [0, 0.05) is 0 Å². The molecule has 3 rings (SSSR count). The molecule has 0 aromatic carbocycles. The van der Waals surface area contributed by atoms with Gasteiger partial charge in [0.2, 0.25) is 0 Å². The summed E-state index contributed by atoms with van der Waals surface area (Å²) in [5.41, 5.74) is 0.866. The van der Waals surface area contributed by atoms with E-state index in [0.717, 1.165) is 11.3 Å². The van der Waals surface area contributed by atoms with Crippen LogP contribution in [0.5, 0.6) is 0 Å². The quantitative estimate of drug-likeness (QED) is 0.520. The summed E-state index contributed by atoms with van der Waals surface area (Å²) in [5.74, 6) is 4.75. The lowest BCUT2D eigenvalue weighted by molar-refractivity contribution is -0.0719. The highest BCUT2D eigenvalue weighted by Gasteiger charge is 2.76. The van der Waals surface area contributed by atoms with Crippen LogP contribution in [0.15, 0.2) is 0 Å². The first-order valence-electron chi connectivity index (χ1n) is 4.79. The zero-order valence-corrected chi connectivity index (χ0v) is 6.93. The summed E-state index contributed by atoms with van der Waals surface area (Å²) in [7, 11) is 0. The zero-order chi connectivity index (χ0) is 6.93. The first-order valence-corrected chi connectivity index (χ1v) is 4.79. The number of hydrogen-bond donors (Lipinski definition) is 0. The molecule has 0 heterocycles. The number of hydrogen-bond acceptors (Lipinski definition) is 0. The Morgan fingerprint density at radius 1 is 1.50 bits per heavy atom. The molecule has 3 aliphatic carbocycles. The molecule has 0 nitrogen and oxygen atoms in total. The van der Waals surface area contributed by atoms with Crippen LogP contribution in [-0.4, -0.2) is 0 Å². The predicted molar refractivity (Wildman–Crippen MR) is 41.6 cm³/mol. The van der Waals surface area contributed by atoms with Crippen molar-refractivity contribution in [1.82, 2.24) is 0 Å². The third-order valence-corrected chi connectivity index (χ3v) is 4.77. The fourth-order valence-corrected chi connectivity index (χ4v) is 4.10. The van der Waals surface area contributed by atoms with Gasteiger partial charge in [0.25, 0.3) is 0 Å². The van der Waals surface area contributed by atoms with Gasteiger partial charge in [-0.15, -0.1) is 0 Å². The summed E-state index contributed by atoms with van der Waals surface area (Å²) in [6.45, 7) is 4.89. The molecule has 0 radical (unpaired) electrons. The molecule has 0 bridgehead atoms. The highest BCUT2D eigenvalue weighted by Crippen LogP contribution is 2.82. The molecule has 3 fully saturated rings. The molecule has 0 saturated heterocycles. The normalized spacial score (nSPS) is 69.0. The molecule has 10 heavy (non-hydrogen) atoms. The van der Waals surface area contributed by atoms with Crippen LogP contribution >= 0.6 is 0 Å². The number of rotatable bonds is 1. The van der Waals surface area contributed by atoms with Gasteiger partial charge in [-0.3, -0.25) is 0 Å². The van der Waals surface area contributed by atoms with Crippen molar-refractivity contribution in [2.75, 3.05) is 0 Å². The van der Waals surface area contributed by atoms with Gasteiger partial charge in [-0.05, 0) is 41.9 Å². The molecule has 0 aliphatic heterocycles. The van der Waals surface area contributed by atoms with Crippen molar-refractivity contribution in [3.63, 3.8) is 0 Å². The standard InChI is InChI=1S/C10H16/c1-3-6-8-7-4-5-10(7,2)9(6)8/h6-9H,3-5H2,1-2H3. The third-order valence-electron chi connectivity index (χ3n) is 4.77. The van der Waals surface area contributed by atoms with Gasteiger partial charge in [-0.1, -0.05) is 20.3 Å². The SMILES string of the molecule is CCC1C2C3CCC3(C)C12. The Morgan fingerprint density at radius 3 is 2.60 bits per heavy atom. The second-order valence-corrected chi connectivity index (χ2v) is 4.83. The van der Waals surface area contributed by atoms with Crippen LogP contribution in [0, 0.1) is 29.1 Å². The topological polar surface area (TPSA) is 0 Å². The summed E-state index contributed by atoms with van der Waals surface area (Å²) in [6, 6.07) is 0. The second kappa shape index (κ2) is 1.31. The van der Waals surface area contributed by atoms with Crippen LogP contribution in [-0.2, 0) is 0 Å². The van der Waals surface area contributed by atoms with E-state index in [2.05, 4.69) is 13.8 Å². The summed E-state index contributed by atoms with van der Waals surface area (Å²) in [4.78, 5) is 0. The monoisotopic (exact) mass is 136 g/mol. The average molecular weight is 136 g/mol. The van der Waals surface area contributed by atoms with E-state index in [1.165, 1.54) is 24.2 Å². The van der Waals surface area contributed by atoms with Crippen LogP contribution in [0.25, 0.3) is 0 Å². The zero-order valence-electron chi connectivity index (χ0n) is 6.93.